The zero-order chi connectivity index (χ0) is 12.1. The average molecular weight is 227 g/mol. The number of nitrogens with zero attached hydrogens (tertiary/aromatic N) is 1. The molecule has 0 saturated carbocycles. The Balaban J connectivity index is 2.51. The molecule has 1 amide bonds. The monoisotopic (exact) mass is 227 g/mol. The van der Waals surface area contributed by atoms with Gasteiger partial charge in [-0.25, -0.2) is 0 Å². The van der Waals surface area contributed by atoms with Crippen molar-refractivity contribution in [2.45, 2.75) is 31.8 Å². The fraction of sp³-hybridized carbons (Fsp3) is 0.818. The molecule has 2 atom stereocenters. The first-order chi connectivity index (χ1) is 7.52. The van der Waals surface area contributed by atoms with Gasteiger partial charge in [0.1, 0.15) is 0 Å². The molecule has 92 valence electrons. The first-order valence-corrected chi connectivity index (χ1v) is 5.72. The van der Waals surface area contributed by atoms with E-state index in [1.165, 1.54) is 0 Å². The minimum atomic E-state index is -0.315. The molecular formula is C11H21N3O2. The van der Waals surface area contributed by atoms with Crippen molar-refractivity contribution >= 4 is 11.7 Å². The Morgan fingerprint density at radius 1 is 1.50 bits per heavy atom. The standard InChI is InChI=1S/C11H21N3O2/c1-8(14(2)3)11(16)13-9-4-6-12-7-5-10(9)15/h8-9,12H,4-7H2,1-3H3,(H,13,16). The van der Waals surface area contributed by atoms with E-state index in [1.54, 1.807) is 0 Å². The summed E-state index contributed by atoms with van der Waals surface area (Å²) >= 11 is 0. The lowest BCUT2D eigenvalue weighted by molar-refractivity contribution is -0.130. The van der Waals surface area contributed by atoms with E-state index < -0.39 is 0 Å². The van der Waals surface area contributed by atoms with Gasteiger partial charge in [-0.2, -0.15) is 0 Å². The van der Waals surface area contributed by atoms with Crippen LogP contribution >= 0.6 is 0 Å². The summed E-state index contributed by atoms with van der Waals surface area (Å²) in [5, 5.41) is 5.97. The van der Waals surface area contributed by atoms with E-state index in [0.717, 1.165) is 6.54 Å². The molecule has 1 aliphatic heterocycles. The van der Waals surface area contributed by atoms with Gasteiger partial charge in [0.25, 0.3) is 0 Å². The third-order valence-electron chi connectivity index (χ3n) is 3.02. The number of carbonyl (C=O) groups is 2. The predicted octanol–water partition coefficient (Wildman–Crippen LogP) is -0.626. The minimum Gasteiger partial charge on any atom is -0.345 e. The van der Waals surface area contributed by atoms with Crippen molar-refractivity contribution in [1.82, 2.24) is 15.5 Å². The van der Waals surface area contributed by atoms with Crippen molar-refractivity contribution in [1.29, 1.82) is 0 Å². The van der Waals surface area contributed by atoms with E-state index >= 15 is 0 Å². The van der Waals surface area contributed by atoms with Crippen LogP contribution in [-0.2, 0) is 9.59 Å². The summed E-state index contributed by atoms with van der Waals surface area (Å²) in [5.74, 6) is 0.0505. The van der Waals surface area contributed by atoms with Crippen LogP contribution in [-0.4, -0.2) is 55.9 Å². The molecule has 0 spiro atoms. The Morgan fingerprint density at radius 2 is 2.19 bits per heavy atom. The highest BCUT2D eigenvalue weighted by molar-refractivity contribution is 5.90. The molecule has 1 aliphatic rings. The molecule has 2 unspecified atom stereocenters. The van der Waals surface area contributed by atoms with E-state index in [-0.39, 0.29) is 23.8 Å². The summed E-state index contributed by atoms with van der Waals surface area (Å²) < 4.78 is 0. The van der Waals surface area contributed by atoms with E-state index in [2.05, 4.69) is 10.6 Å². The molecule has 0 aromatic carbocycles. The van der Waals surface area contributed by atoms with Gasteiger partial charge in [0, 0.05) is 13.0 Å². The topological polar surface area (TPSA) is 61.4 Å². The number of Topliss-reactive ketones (excluding diaryl/α,β-unsaturated/α-hetero) is 1. The summed E-state index contributed by atoms with van der Waals surface area (Å²) in [4.78, 5) is 25.3. The third-order valence-corrected chi connectivity index (χ3v) is 3.02. The van der Waals surface area contributed by atoms with Crippen molar-refractivity contribution in [3.63, 3.8) is 0 Å². The van der Waals surface area contributed by atoms with Gasteiger partial charge in [-0.3, -0.25) is 14.5 Å². The zero-order valence-corrected chi connectivity index (χ0v) is 10.2. The molecule has 1 fully saturated rings. The summed E-state index contributed by atoms with van der Waals surface area (Å²) in [6, 6.07) is -0.520. The summed E-state index contributed by atoms with van der Waals surface area (Å²) in [5.41, 5.74) is 0. The predicted molar refractivity (Wildman–Crippen MR) is 62.2 cm³/mol. The first-order valence-electron chi connectivity index (χ1n) is 5.72. The number of hydrogen-bond donors (Lipinski definition) is 2. The molecule has 1 heterocycles. The normalized spacial score (nSPS) is 24.0. The summed E-state index contributed by atoms with van der Waals surface area (Å²) in [7, 11) is 3.70. The van der Waals surface area contributed by atoms with Gasteiger partial charge in [0.2, 0.25) is 5.91 Å². The number of amides is 1. The lowest BCUT2D eigenvalue weighted by Crippen LogP contribution is -2.48. The smallest absolute Gasteiger partial charge is 0.237 e. The van der Waals surface area contributed by atoms with Crippen LogP contribution in [0.25, 0.3) is 0 Å². The first kappa shape index (κ1) is 13.1. The molecule has 0 aromatic heterocycles. The minimum absolute atomic E-state index is 0.0785. The quantitative estimate of drug-likeness (QED) is 0.674. The third kappa shape index (κ3) is 3.57. The molecular weight excluding hydrogens is 206 g/mol. The average Bonchev–Trinajstić information content (AvgIpc) is 2.43. The highest BCUT2D eigenvalue weighted by Crippen LogP contribution is 2.02. The molecule has 0 aromatic rings. The van der Waals surface area contributed by atoms with Crippen LogP contribution in [0.5, 0.6) is 0 Å². The maximum Gasteiger partial charge on any atom is 0.237 e. The summed E-state index contributed by atoms with van der Waals surface area (Å²) in [6.45, 7) is 3.33. The molecule has 0 bridgehead atoms. The maximum absolute atomic E-state index is 11.8. The van der Waals surface area contributed by atoms with E-state index in [1.807, 2.05) is 25.9 Å². The van der Waals surface area contributed by atoms with Crippen LogP contribution < -0.4 is 10.6 Å². The Hall–Kier alpha value is -0.940. The van der Waals surface area contributed by atoms with Crippen molar-refractivity contribution in [3.8, 4) is 0 Å². The van der Waals surface area contributed by atoms with Crippen LogP contribution in [0.2, 0.25) is 0 Å². The van der Waals surface area contributed by atoms with Crippen LogP contribution in [0.15, 0.2) is 0 Å². The Bertz CT molecular complexity index is 266. The van der Waals surface area contributed by atoms with Gasteiger partial charge in [-0.1, -0.05) is 0 Å². The van der Waals surface area contributed by atoms with Crippen molar-refractivity contribution in [2.75, 3.05) is 27.2 Å². The van der Waals surface area contributed by atoms with Crippen molar-refractivity contribution < 1.29 is 9.59 Å². The Morgan fingerprint density at radius 3 is 2.81 bits per heavy atom. The number of nitrogens with one attached hydrogen (secondary N) is 2. The fourth-order valence-corrected chi connectivity index (χ4v) is 1.60. The van der Waals surface area contributed by atoms with Crippen LogP contribution in [0.1, 0.15) is 19.8 Å². The summed E-state index contributed by atoms with van der Waals surface area (Å²) in [6.07, 6.45) is 1.19. The second-order valence-electron chi connectivity index (χ2n) is 4.46. The van der Waals surface area contributed by atoms with E-state index in [0.29, 0.717) is 19.4 Å². The highest BCUT2D eigenvalue weighted by atomic mass is 16.2. The molecule has 1 rings (SSSR count). The largest absolute Gasteiger partial charge is 0.345 e. The second-order valence-corrected chi connectivity index (χ2v) is 4.46. The number of ketones is 1. The van der Waals surface area contributed by atoms with Gasteiger partial charge < -0.3 is 10.6 Å². The van der Waals surface area contributed by atoms with Gasteiger partial charge in [-0.15, -0.1) is 0 Å². The van der Waals surface area contributed by atoms with Crippen molar-refractivity contribution in [2.24, 2.45) is 0 Å². The SMILES string of the molecule is CC(C(=O)NC1CCNCCC1=O)N(C)C. The molecule has 0 radical (unpaired) electrons. The van der Waals surface area contributed by atoms with E-state index in [4.69, 9.17) is 0 Å². The number of hydrogen-bond acceptors (Lipinski definition) is 4. The lowest BCUT2D eigenvalue weighted by atomic mass is 10.1. The maximum atomic E-state index is 11.8. The second kappa shape index (κ2) is 5.96. The van der Waals surface area contributed by atoms with Crippen LogP contribution in [0, 0.1) is 0 Å². The fourth-order valence-electron chi connectivity index (χ4n) is 1.60. The lowest BCUT2D eigenvalue weighted by Gasteiger charge is -2.22. The van der Waals surface area contributed by atoms with Gasteiger partial charge in [-0.05, 0) is 34.0 Å². The molecule has 1 saturated heterocycles. The molecule has 0 aliphatic carbocycles. The molecule has 2 N–H and O–H groups in total. The van der Waals surface area contributed by atoms with Crippen LogP contribution in [0.4, 0.5) is 0 Å². The van der Waals surface area contributed by atoms with Crippen LogP contribution in [0.3, 0.4) is 0 Å². The highest BCUT2D eigenvalue weighted by Gasteiger charge is 2.24. The molecule has 5 heteroatoms. The molecule has 16 heavy (non-hydrogen) atoms. The Labute approximate surface area is 96.6 Å². The number of likely N-dealkylation sites (N-methyl/N-ethyl adjacent to an activating group) is 1. The molecule has 5 nitrogen and oxygen atoms in total. The Kier molecular flexibility index (Phi) is 4.89. The number of rotatable bonds is 3. The van der Waals surface area contributed by atoms with E-state index in [9.17, 15) is 9.59 Å². The van der Waals surface area contributed by atoms with Gasteiger partial charge >= 0.3 is 0 Å². The van der Waals surface area contributed by atoms with Gasteiger partial charge in [0.15, 0.2) is 5.78 Å². The number of carbonyl (C=O) groups excluding carboxylic acids is 2. The zero-order valence-electron chi connectivity index (χ0n) is 10.2. The van der Waals surface area contributed by atoms with Crippen molar-refractivity contribution in [3.05, 3.63) is 0 Å². The van der Waals surface area contributed by atoms with Gasteiger partial charge in [0.05, 0.1) is 12.1 Å².